The number of anilines is 1. The minimum Gasteiger partial charge on any atom is -0.488 e. The number of aromatic nitrogens is 1. The Balaban J connectivity index is 2.57. The number of methoxy groups -OCH3 is 1. The second-order valence-corrected chi connectivity index (χ2v) is 3.01. The highest BCUT2D eigenvalue weighted by Gasteiger charge is 2.03. The van der Waals surface area contributed by atoms with Crippen molar-refractivity contribution in [2.75, 3.05) is 26.1 Å². The number of nitrogens with zero attached hydrogens (tertiary/aromatic N) is 1. The zero-order chi connectivity index (χ0) is 10.4. The first-order chi connectivity index (χ1) is 6.76. The van der Waals surface area contributed by atoms with Crippen LogP contribution in [0, 0.1) is 0 Å². The Bertz CT molecular complexity index is 279. The van der Waals surface area contributed by atoms with Gasteiger partial charge >= 0.3 is 0 Å². The van der Waals surface area contributed by atoms with Gasteiger partial charge in [-0.25, -0.2) is 4.98 Å². The minimum absolute atomic E-state index is 0.0482. The highest BCUT2D eigenvalue weighted by molar-refractivity contribution is 5.39. The van der Waals surface area contributed by atoms with Crippen molar-refractivity contribution in [2.45, 2.75) is 13.0 Å². The maximum Gasteiger partial charge on any atom is 0.129 e. The molecule has 1 unspecified atom stereocenters. The molecular formula is C10H16N2O2. The molecule has 1 aromatic heterocycles. The topological polar surface area (TPSA) is 43.4 Å². The van der Waals surface area contributed by atoms with E-state index >= 15 is 0 Å². The van der Waals surface area contributed by atoms with Gasteiger partial charge in [-0.2, -0.15) is 0 Å². The summed E-state index contributed by atoms with van der Waals surface area (Å²) in [5.41, 5.74) is 0. The van der Waals surface area contributed by atoms with Gasteiger partial charge in [-0.15, -0.1) is 0 Å². The van der Waals surface area contributed by atoms with Crippen LogP contribution in [0.5, 0.6) is 5.75 Å². The minimum atomic E-state index is 0.0482. The van der Waals surface area contributed by atoms with Crippen LogP contribution in [0.4, 0.5) is 5.82 Å². The van der Waals surface area contributed by atoms with Gasteiger partial charge in [-0.3, -0.25) is 0 Å². The van der Waals surface area contributed by atoms with E-state index in [-0.39, 0.29) is 6.10 Å². The molecule has 0 bridgehead atoms. The third kappa shape index (κ3) is 3.22. The van der Waals surface area contributed by atoms with Crippen LogP contribution in [0.3, 0.4) is 0 Å². The summed E-state index contributed by atoms with van der Waals surface area (Å²) in [6.45, 7) is 2.54. The molecule has 1 atom stereocenters. The fourth-order valence-corrected chi connectivity index (χ4v) is 1.12. The van der Waals surface area contributed by atoms with Gasteiger partial charge in [0.05, 0.1) is 6.61 Å². The van der Waals surface area contributed by atoms with Gasteiger partial charge in [0.15, 0.2) is 0 Å². The van der Waals surface area contributed by atoms with E-state index in [1.165, 1.54) is 0 Å². The van der Waals surface area contributed by atoms with Gasteiger partial charge < -0.3 is 14.8 Å². The summed E-state index contributed by atoms with van der Waals surface area (Å²) in [7, 11) is 3.48. The van der Waals surface area contributed by atoms with Crippen LogP contribution >= 0.6 is 0 Å². The van der Waals surface area contributed by atoms with Crippen LogP contribution < -0.4 is 10.1 Å². The van der Waals surface area contributed by atoms with Crippen LogP contribution in [-0.4, -0.2) is 31.9 Å². The Kier molecular flexibility index (Phi) is 4.19. The van der Waals surface area contributed by atoms with Crippen LogP contribution in [0.1, 0.15) is 6.92 Å². The van der Waals surface area contributed by atoms with Gasteiger partial charge in [0.1, 0.15) is 17.7 Å². The average Bonchev–Trinajstić information content (AvgIpc) is 2.18. The predicted molar refractivity (Wildman–Crippen MR) is 55.7 cm³/mol. The molecule has 1 aromatic rings. The van der Waals surface area contributed by atoms with E-state index in [1.54, 1.807) is 13.3 Å². The van der Waals surface area contributed by atoms with Gasteiger partial charge in [0.25, 0.3) is 0 Å². The van der Waals surface area contributed by atoms with Crippen molar-refractivity contribution in [3.05, 3.63) is 18.3 Å². The summed E-state index contributed by atoms with van der Waals surface area (Å²) in [6, 6.07) is 3.68. The molecule has 0 spiro atoms. The standard InChI is InChI=1S/C10H16N2O2/c1-8(7-13-3)14-9-4-5-12-10(6-9)11-2/h4-6,8H,7H2,1-3H3,(H,11,12). The molecule has 14 heavy (non-hydrogen) atoms. The molecule has 4 heteroatoms. The van der Waals surface area contributed by atoms with Crippen molar-refractivity contribution in [3.8, 4) is 5.75 Å². The lowest BCUT2D eigenvalue weighted by atomic mass is 10.4. The van der Waals surface area contributed by atoms with E-state index < -0.39 is 0 Å². The third-order valence-corrected chi connectivity index (χ3v) is 1.73. The number of pyridine rings is 1. The monoisotopic (exact) mass is 196 g/mol. The number of hydrogen-bond donors (Lipinski definition) is 1. The third-order valence-electron chi connectivity index (χ3n) is 1.73. The molecule has 0 saturated heterocycles. The second kappa shape index (κ2) is 5.44. The quantitative estimate of drug-likeness (QED) is 0.775. The van der Waals surface area contributed by atoms with Gasteiger partial charge in [0, 0.05) is 26.4 Å². The summed E-state index contributed by atoms with van der Waals surface area (Å²) >= 11 is 0. The Morgan fingerprint density at radius 2 is 2.36 bits per heavy atom. The Morgan fingerprint density at radius 3 is 3.00 bits per heavy atom. The van der Waals surface area contributed by atoms with E-state index in [0.29, 0.717) is 6.61 Å². The molecule has 1 rings (SSSR count). The molecule has 0 amide bonds. The first-order valence-electron chi connectivity index (χ1n) is 4.55. The Labute approximate surface area is 84.3 Å². The fourth-order valence-electron chi connectivity index (χ4n) is 1.12. The zero-order valence-electron chi connectivity index (χ0n) is 8.78. The van der Waals surface area contributed by atoms with Crippen LogP contribution in [-0.2, 0) is 4.74 Å². The molecule has 0 fully saturated rings. The lowest BCUT2D eigenvalue weighted by Crippen LogP contribution is -2.17. The van der Waals surface area contributed by atoms with Crippen LogP contribution in [0.15, 0.2) is 18.3 Å². The molecule has 0 aliphatic heterocycles. The normalized spacial score (nSPS) is 12.2. The number of ether oxygens (including phenoxy) is 2. The molecular weight excluding hydrogens is 180 g/mol. The molecule has 1 N–H and O–H groups in total. The van der Waals surface area contributed by atoms with Crippen molar-refractivity contribution >= 4 is 5.82 Å². The molecule has 0 aromatic carbocycles. The first-order valence-corrected chi connectivity index (χ1v) is 4.55. The van der Waals surface area contributed by atoms with Gasteiger partial charge in [0.2, 0.25) is 0 Å². The van der Waals surface area contributed by atoms with E-state index in [1.807, 2.05) is 26.1 Å². The van der Waals surface area contributed by atoms with Crippen molar-refractivity contribution in [1.29, 1.82) is 0 Å². The summed E-state index contributed by atoms with van der Waals surface area (Å²) < 4.78 is 10.6. The van der Waals surface area contributed by atoms with Crippen molar-refractivity contribution in [3.63, 3.8) is 0 Å². The number of nitrogens with one attached hydrogen (secondary N) is 1. The highest BCUT2D eigenvalue weighted by Crippen LogP contribution is 2.15. The number of hydrogen-bond acceptors (Lipinski definition) is 4. The number of rotatable bonds is 5. The Morgan fingerprint density at radius 1 is 1.57 bits per heavy atom. The maximum absolute atomic E-state index is 5.59. The maximum atomic E-state index is 5.59. The Hall–Kier alpha value is -1.29. The predicted octanol–water partition coefficient (Wildman–Crippen LogP) is 1.54. The average molecular weight is 196 g/mol. The fraction of sp³-hybridized carbons (Fsp3) is 0.500. The zero-order valence-corrected chi connectivity index (χ0v) is 8.78. The summed E-state index contributed by atoms with van der Waals surface area (Å²) in [5, 5.41) is 2.95. The molecule has 78 valence electrons. The van der Waals surface area contributed by atoms with Gasteiger partial charge in [-0.05, 0) is 13.0 Å². The van der Waals surface area contributed by atoms with Gasteiger partial charge in [-0.1, -0.05) is 0 Å². The first kappa shape index (κ1) is 10.8. The SMILES string of the molecule is CNc1cc(OC(C)COC)ccn1. The lowest BCUT2D eigenvalue weighted by Gasteiger charge is -2.13. The van der Waals surface area contributed by atoms with E-state index in [9.17, 15) is 0 Å². The lowest BCUT2D eigenvalue weighted by molar-refractivity contribution is 0.0921. The van der Waals surface area contributed by atoms with Crippen molar-refractivity contribution < 1.29 is 9.47 Å². The molecule has 0 saturated carbocycles. The largest absolute Gasteiger partial charge is 0.488 e. The van der Waals surface area contributed by atoms with Crippen LogP contribution in [0.25, 0.3) is 0 Å². The highest BCUT2D eigenvalue weighted by atomic mass is 16.5. The molecule has 0 aliphatic rings. The summed E-state index contributed by atoms with van der Waals surface area (Å²) in [5.74, 6) is 1.60. The molecule has 4 nitrogen and oxygen atoms in total. The van der Waals surface area contributed by atoms with E-state index in [2.05, 4.69) is 10.3 Å². The second-order valence-electron chi connectivity index (χ2n) is 3.01. The van der Waals surface area contributed by atoms with Crippen molar-refractivity contribution in [2.24, 2.45) is 0 Å². The molecule has 1 heterocycles. The van der Waals surface area contributed by atoms with Crippen LogP contribution in [0.2, 0.25) is 0 Å². The molecule has 0 aliphatic carbocycles. The smallest absolute Gasteiger partial charge is 0.129 e. The molecule has 0 radical (unpaired) electrons. The summed E-state index contributed by atoms with van der Waals surface area (Å²) in [4.78, 5) is 4.09. The van der Waals surface area contributed by atoms with E-state index in [4.69, 9.17) is 9.47 Å². The van der Waals surface area contributed by atoms with Crippen molar-refractivity contribution in [1.82, 2.24) is 4.98 Å². The summed E-state index contributed by atoms with van der Waals surface area (Å²) in [6.07, 6.45) is 1.76. The van der Waals surface area contributed by atoms with E-state index in [0.717, 1.165) is 11.6 Å².